The number of halogens is 5. The van der Waals surface area contributed by atoms with E-state index in [-0.39, 0.29) is 0 Å². The molecule has 18 heavy (non-hydrogen) atoms. The summed E-state index contributed by atoms with van der Waals surface area (Å²) >= 11 is 0. The number of alkyl halides is 5. The minimum absolute atomic E-state index is 0.380. The van der Waals surface area contributed by atoms with E-state index < -0.39 is 47.6 Å². The number of carbonyl (C=O) groups excluding carboxylic acids is 1. The van der Waals surface area contributed by atoms with E-state index >= 15 is 0 Å². The van der Waals surface area contributed by atoms with Crippen LogP contribution < -0.4 is 11.5 Å². The molecule has 0 saturated heterocycles. The SMILES string of the molecule is NCc1nc(C(F)(F)F)c(C(F)F)cc1C(N)=O. The number of hydrogen-bond acceptors (Lipinski definition) is 3. The number of nitrogens with two attached hydrogens (primary N) is 2. The molecular weight excluding hydrogens is 261 g/mol. The third-order valence-corrected chi connectivity index (χ3v) is 2.09. The first-order valence-corrected chi connectivity index (χ1v) is 4.57. The Balaban J connectivity index is 3.57. The van der Waals surface area contributed by atoms with E-state index in [1.807, 2.05) is 0 Å². The molecule has 0 fully saturated rings. The van der Waals surface area contributed by atoms with Crippen molar-refractivity contribution in [3.63, 3.8) is 0 Å². The van der Waals surface area contributed by atoms with E-state index in [4.69, 9.17) is 11.5 Å². The van der Waals surface area contributed by atoms with E-state index in [1.165, 1.54) is 0 Å². The van der Waals surface area contributed by atoms with Gasteiger partial charge in [-0.05, 0) is 6.07 Å². The van der Waals surface area contributed by atoms with Crippen molar-refractivity contribution in [2.24, 2.45) is 11.5 Å². The summed E-state index contributed by atoms with van der Waals surface area (Å²) in [5, 5.41) is 0. The van der Waals surface area contributed by atoms with Crippen LogP contribution in [0.1, 0.15) is 33.7 Å². The van der Waals surface area contributed by atoms with Crippen molar-refractivity contribution in [1.82, 2.24) is 4.98 Å². The molecule has 1 rings (SSSR count). The van der Waals surface area contributed by atoms with E-state index in [0.717, 1.165) is 0 Å². The largest absolute Gasteiger partial charge is 0.433 e. The smallest absolute Gasteiger partial charge is 0.366 e. The maximum absolute atomic E-state index is 12.5. The zero-order chi connectivity index (χ0) is 14.1. The summed E-state index contributed by atoms with van der Waals surface area (Å²) in [6.45, 7) is -0.523. The molecule has 0 atom stereocenters. The molecule has 9 heteroatoms. The average Bonchev–Trinajstić information content (AvgIpc) is 2.25. The van der Waals surface area contributed by atoms with E-state index in [9.17, 15) is 26.7 Å². The van der Waals surface area contributed by atoms with Crippen LogP contribution in [0.4, 0.5) is 22.0 Å². The van der Waals surface area contributed by atoms with Gasteiger partial charge in [-0.2, -0.15) is 13.2 Å². The van der Waals surface area contributed by atoms with Crippen molar-refractivity contribution in [2.75, 3.05) is 0 Å². The van der Waals surface area contributed by atoms with Gasteiger partial charge in [0, 0.05) is 12.1 Å². The van der Waals surface area contributed by atoms with Crippen LogP contribution >= 0.6 is 0 Å². The molecule has 1 amide bonds. The first-order chi connectivity index (χ1) is 8.18. The Bertz CT molecular complexity index is 472. The summed E-state index contributed by atoms with van der Waals surface area (Å²) < 4.78 is 62.5. The lowest BCUT2D eigenvalue weighted by Gasteiger charge is -2.14. The van der Waals surface area contributed by atoms with Crippen LogP contribution in [0, 0.1) is 0 Å². The second-order valence-corrected chi connectivity index (χ2v) is 3.29. The van der Waals surface area contributed by atoms with Crippen molar-refractivity contribution in [2.45, 2.75) is 19.1 Å². The highest BCUT2D eigenvalue weighted by molar-refractivity contribution is 5.94. The zero-order valence-electron chi connectivity index (χ0n) is 8.76. The Hall–Kier alpha value is -1.77. The Kier molecular flexibility index (Phi) is 3.85. The first-order valence-electron chi connectivity index (χ1n) is 4.57. The van der Waals surface area contributed by atoms with Gasteiger partial charge in [-0.25, -0.2) is 13.8 Å². The number of aromatic nitrogens is 1. The number of rotatable bonds is 3. The Labute approximate surface area is 97.8 Å². The van der Waals surface area contributed by atoms with Crippen LogP contribution in [0.2, 0.25) is 0 Å². The van der Waals surface area contributed by atoms with Gasteiger partial charge in [0.25, 0.3) is 12.3 Å². The molecule has 0 bridgehead atoms. The van der Waals surface area contributed by atoms with E-state index in [2.05, 4.69) is 4.98 Å². The highest BCUT2D eigenvalue weighted by atomic mass is 19.4. The molecular formula is C9H8F5N3O. The van der Waals surface area contributed by atoms with Crippen molar-refractivity contribution in [1.29, 1.82) is 0 Å². The monoisotopic (exact) mass is 269 g/mol. The van der Waals surface area contributed by atoms with Crippen LogP contribution in [0.5, 0.6) is 0 Å². The molecule has 0 aliphatic heterocycles. The molecule has 4 nitrogen and oxygen atoms in total. The summed E-state index contributed by atoms with van der Waals surface area (Å²) in [5.74, 6) is -1.17. The molecule has 0 unspecified atom stereocenters. The Morgan fingerprint density at radius 3 is 2.28 bits per heavy atom. The van der Waals surface area contributed by atoms with Gasteiger partial charge in [0.15, 0.2) is 5.69 Å². The Morgan fingerprint density at radius 2 is 1.94 bits per heavy atom. The van der Waals surface area contributed by atoms with Gasteiger partial charge in [-0.3, -0.25) is 4.79 Å². The van der Waals surface area contributed by atoms with E-state index in [1.54, 1.807) is 0 Å². The van der Waals surface area contributed by atoms with Crippen molar-refractivity contribution >= 4 is 5.91 Å². The van der Waals surface area contributed by atoms with Crippen molar-refractivity contribution in [3.05, 3.63) is 28.6 Å². The summed E-state index contributed by atoms with van der Waals surface area (Å²) in [7, 11) is 0. The van der Waals surface area contributed by atoms with Crippen molar-refractivity contribution < 1.29 is 26.7 Å². The molecule has 0 aliphatic rings. The summed E-state index contributed by atoms with van der Waals surface area (Å²) in [6.07, 6.45) is -8.50. The lowest BCUT2D eigenvalue weighted by molar-refractivity contribution is -0.143. The molecule has 0 aliphatic carbocycles. The van der Waals surface area contributed by atoms with Gasteiger partial charge < -0.3 is 11.5 Å². The molecule has 0 radical (unpaired) electrons. The predicted octanol–water partition coefficient (Wildman–Crippen LogP) is 1.60. The number of hydrogen-bond donors (Lipinski definition) is 2. The summed E-state index contributed by atoms with van der Waals surface area (Å²) in [5.41, 5.74) is 5.79. The summed E-state index contributed by atoms with van der Waals surface area (Å²) in [6, 6.07) is 0.380. The quantitative estimate of drug-likeness (QED) is 0.817. The molecule has 1 aromatic heterocycles. The fourth-order valence-electron chi connectivity index (χ4n) is 1.33. The average molecular weight is 269 g/mol. The van der Waals surface area contributed by atoms with Gasteiger partial charge in [-0.15, -0.1) is 0 Å². The molecule has 1 heterocycles. The molecule has 4 N–H and O–H groups in total. The maximum atomic E-state index is 12.5. The zero-order valence-corrected chi connectivity index (χ0v) is 8.76. The second kappa shape index (κ2) is 4.84. The predicted molar refractivity (Wildman–Crippen MR) is 50.6 cm³/mol. The van der Waals surface area contributed by atoms with E-state index in [0.29, 0.717) is 6.07 Å². The first kappa shape index (κ1) is 14.3. The van der Waals surface area contributed by atoms with Crippen LogP contribution in [0.3, 0.4) is 0 Å². The molecule has 0 saturated carbocycles. The van der Waals surface area contributed by atoms with Crippen LogP contribution in [-0.4, -0.2) is 10.9 Å². The highest BCUT2D eigenvalue weighted by Gasteiger charge is 2.38. The Morgan fingerprint density at radius 1 is 1.39 bits per heavy atom. The minimum atomic E-state index is -5.06. The fourth-order valence-corrected chi connectivity index (χ4v) is 1.33. The molecule has 100 valence electrons. The van der Waals surface area contributed by atoms with Gasteiger partial charge in [0.1, 0.15) is 0 Å². The van der Waals surface area contributed by atoms with Crippen LogP contribution in [-0.2, 0) is 12.7 Å². The minimum Gasteiger partial charge on any atom is -0.366 e. The number of primary amides is 1. The number of amides is 1. The second-order valence-electron chi connectivity index (χ2n) is 3.29. The molecule has 0 aromatic carbocycles. The molecule has 0 spiro atoms. The standard InChI is InChI=1S/C9H8F5N3O/c10-7(11)4-1-3(8(16)18)5(2-15)17-6(4)9(12,13)14/h1,7H,2,15H2,(H2,16,18). The van der Waals surface area contributed by atoms with Crippen LogP contribution in [0.25, 0.3) is 0 Å². The maximum Gasteiger partial charge on any atom is 0.433 e. The fraction of sp³-hybridized carbons (Fsp3) is 0.333. The van der Waals surface area contributed by atoms with Gasteiger partial charge >= 0.3 is 6.18 Å². The topological polar surface area (TPSA) is 82.0 Å². The third kappa shape index (κ3) is 2.73. The molecule has 1 aromatic rings. The van der Waals surface area contributed by atoms with Gasteiger partial charge in [0.2, 0.25) is 0 Å². The number of nitrogens with zero attached hydrogens (tertiary/aromatic N) is 1. The lowest BCUT2D eigenvalue weighted by atomic mass is 10.1. The summed E-state index contributed by atoms with van der Waals surface area (Å²) in [4.78, 5) is 13.9. The van der Waals surface area contributed by atoms with Crippen LogP contribution in [0.15, 0.2) is 6.07 Å². The normalized spacial score (nSPS) is 11.9. The highest BCUT2D eigenvalue weighted by Crippen LogP contribution is 2.35. The van der Waals surface area contributed by atoms with Crippen molar-refractivity contribution in [3.8, 4) is 0 Å². The number of pyridine rings is 1. The third-order valence-electron chi connectivity index (χ3n) is 2.09. The number of carbonyl (C=O) groups is 1. The van der Waals surface area contributed by atoms with Gasteiger partial charge in [0.05, 0.1) is 11.3 Å². The lowest BCUT2D eigenvalue weighted by Crippen LogP contribution is -2.22. The van der Waals surface area contributed by atoms with Gasteiger partial charge in [-0.1, -0.05) is 0 Å².